The van der Waals surface area contributed by atoms with Crippen molar-refractivity contribution in [3.8, 4) is 0 Å². The molecule has 0 spiro atoms. The van der Waals surface area contributed by atoms with E-state index in [1.165, 1.54) is 12.1 Å². The molecular formula is C17H14N4O5. The summed E-state index contributed by atoms with van der Waals surface area (Å²) >= 11 is 0. The number of fused-ring (bicyclic) bond motifs is 1. The molecule has 1 aromatic heterocycles. The zero-order valence-corrected chi connectivity index (χ0v) is 13.6. The maximum atomic E-state index is 12.3. The lowest BCUT2D eigenvalue weighted by Crippen LogP contribution is -2.41. The van der Waals surface area contributed by atoms with E-state index in [4.69, 9.17) is 10.2 Å². The predicted octanol–water partition coefficient (Wildman–Crippen LogP) is 2.31. The number of carbonyl (C=O) groups is 2. The standard InChI is InChI=1S/C17H14N4O5/c1-9-11-4-2-3-5-14(11)26-15(9)17(23)20-19-16(22)10-6-7-12(18)13(8-10)21(24)25/h2-8H,18H2,1H3,(H,19,22)(H,20,23). The average molecular weight is 354 g/mol. The van der Waals surface area contributed by atoms with Crippen molar-refractivity contribution in [1.82, 2.24) is 10.9 Å². The summed E-state index contributed by atoms with van der Waals surface area (Å²) in [6.07, 6.45) is 0. The van der Waals surface area contributed by atoms with Gasteiger partial charge in [0.1, 0.15) is 11.3 Å². The number of nitrogen functional groups attached to an aromatic ring is 1. The van der Waals surface area contributed by atoms with Gasteiger partial charge in [0.25, 0.3) is 11.6 Å². The molecule has 0 aliphatic carbocycles. The Morgan fingerprint density at radius 2 is 1.81 bits per heavy atom. The highest BCUT2D eigenvalue weighted by molar-refractivity contribution is 6.01. The largest absolute Gasteiger partial charge is 0.451 e. The Hall–Kier alpha value is -3.88. The zero-order chi connectivity index (χ0) is 18.8. The number of amides is 2. The summed E-state index contributed by atoms with van der Waals surface area (Å²) in [7, 11) is 0. The third kappa shape index (κ3) is 3.05. The van der Waals surface area contributed by atoms with E-state index in [9.17, 15) is 19.7 Å². The van der Waals surface area contributed by atoms with Gasteiger partial charge in [0.15, 0.2) is 5.76 Å². The second-order valence-electron chi connectivity index (χ2n) is 5.49. The molecule has 1 heterocycles. The smallest absolute Gasteiger partial charge is 0.305 e. The van der Waals surface area contributed by atoms with Gasteiger partial charge in [0.05, 0.1) is 4.92 Å². The van der Waals surface area contributed by atoms with Gasteiger partial charge in [-0.15, -0.1) is 0 Å². The Morgan fingerprint density at radius 1 is 1.12 bits per heavy atom. The first-order valence-electron chi connectivity index (χ1n) is 7.51. The van der Waals surface area contributed by atoms with Gasteiger partial charge in [0, 0.05) is 22.6 Å². The van der Waals surface area contributed by atoms with Crippen LogP contribution in [0.5, 0.6) is 0 Å². The maximum absolute atomic E-state index is 12.3. The fraction of sp³-hybridized carbons (Fsp3) is 0.0588. The van der Waals surface area contributed by atoms with Crippen LogP contribution in [0.3, 0.4) is 0 Å². The summed E-state index contributed by atoms with van der Waals surface area (Å²) in [6.45, 7) is 1.73. The monoisotopic (exact) mass is 354 g/mol. The lowest BCUT2D eigenvalue weighted by atomic mass is 10.1. The quantitative estimate of drug-likeness (QED) is 0.374. The first-order chi connectivity index (χ1) is 12.4. The van der Waals surface area contributed by atoms with Crippen molar-refractivity contribution in [2.45, 2.75) is 6.92 Å². The molecular weight excluding hydrogens is 340 g/mol. The van der Waals surface area contributed by atoms with Gasteiger partial charge in [-0.25, -0.2) is 0 Å². The molecule has 0 radical (unpaired) electrons. The number of furan rings is 1. The maximum Gasteiger partial charge on any atom is 0.305 e. The molecule has 0 saturated heterocycles. The van der Waals surface area contributed by atoms with Crippen molar-refractivity contribution in [1.29, 1.82) is 0 Å². The number of nitrogens with zero attached hydrogens (tertiary/aromatic N) is 1. The molecule has 2 aromatic carbocycles. The molecule has 0 unspecified atom stereocenters. The molecule has 9 nitrogen and oxygen atoms in total. The van der Waals surface area contributed by atoms with Crippen LogP contribution in [0.4, 0.5) is 11.4 Å². The number of nitrogens with one attached hydrogen (secondary N) is 2. The highest BCUT2D eigenvalue weighted by Crippen LogP contribution is 2.25. The highest BCUT2D eigenvalue weighted by Gasteiger charge is 2.19. The van der Waals surface area contributed by atoms with E-state index in [0.717, 1.165) is 11.5 Å². The fourth-order valence-electron chi connectivity index (χ4n) is 2.48. The van der Waals surface area contributed by atoms with Crippen molar-refractivity contribution in [2.24, 2.45) is 0 Å². The second-order valence-corrected chi connectivity index (χ2v) is 5.49. The summed E-state index contributed by atoms with van der Waals surface area (Å²) in [5, 5.41) is 11.7. The second kappa shape index (κ2) is 6.55. The highest BCUT2D eigenvalue weighted by atomic mass is 16.6. The average Bonchev–Trinajstić information content (AvgIpc) is 2.97. The van der Waals surface area contributed by atoms with E-state index >= 15 is 0 Å². The van der Waals surface area contributed by atoms with Crippen LogP contribution in [-0.4, -0.2) is 16.7 Å². The zero-order valence-electron chi connectivity index (χ0n) is 13.6. The van der Waals surface area contributed by atoms with Crippen molar-refractivity contribution in [3.63, 3.8) is 0 Å². The number of hydrogen-bond donors (Lipinski definition) is 3. The Labute approximate surface area is 146 Å². The van der Waals surface area contributed by atoms with Crippen LogP contribution in [0.1, 0.15) is 26.5 Å². The number of hydrogen-bond acceptors (Lipinski definition) is 6. The summed E-state index contributed by atoms with van der Waals surface area (Å²) in [5.74, 6) is -1.30. The molecule has 4 N–H and O–H groups in total. The van der Waals surface area contributed by atoms with Crippen LogP contribution in [0.25, 0.3) is 11.0 Å². The minimum absolute atomic E-state index is 0.0208. The van der Waals surface area contributed by atoms with Crippen LogP contribution in [0.2, 0.25) is 0 Å². The molecule has 2 amide bonds. The van der Waals surface area contributed by atoms with Crippen molar-refractivity contribution in [2.75, 3.05) is 5.73 Å². The summed E-state index contributed by atoms with van der Waals surface area (Å²) in [5.41, 5.74) is 10.6. The predicted molar refractivity (Wildman–Crippen MR) is 93.4 cm³/mol. The molecule has 3 aromatic rings. The number of nitrogens with two attached hydrogens (primary N) is 1. The number of benzene rings is 2. The van der Waals surface area contributed by atoms with E-state index in [0.29, 0.717) is 11.1 Å². The normalized spacial score (nSPS) is 10.5. The number of para-hydroxylation sites is 1. The topological polar surface area (TPSA) is 140 Å². The van der Waals surface area contributed by atoms with E-state index in [1.54, 1.807) is 19.1 Å². The molecule has 0 bridgehead atoms. The van der Waals surface area contributed by atoms with Crippen LogP contribution in [-0.2, 0) is 0 Å². The van der Waals surface area contributed by atoms with Gasteiger partial charge in [-0.1, -0.05) is 18.2 Å². The summed E-state index contributed by atoms with van der Waals surface area (Å²) < 4.78 is 5.50. The number of nitro benzene ring substituents is 1. The Balaban J connectivity index is 1.75. The first-order valence-corrected chi connectivity index (χ1v) is 7.51. The molecule has 132 valence electrons. The van der Waals surface area contributed by atoms with E-state index in [-0.39, 0.29) is 17.0 Å². The van der Waals surface area contributed by atoms with Gasteiger partial charge in [-0.3, -0.25) is 30.6 Å². The van der Waals surface area contributed by atoms with Crippen molar-refractivity contribution >= 4 is 34.2 Å². The van der Waals surface area contributed by atoms with Gasteiger partial charge < -0.3 is 10.2 Å². The number of carbonyl (C=O) groups excluding carboxylic acids is 2. The molecule has 0 atom stereocenters. The summed E-state index contributed by atoms with van der Waals surface area (Å²) in [6, 6.07) is 10.7. The molecule has 0 aliphatic rings. The molecule has 0 aliphatic heterocycles. The molecule has 9 heteroatoms. The van der Waals surface area contributed by atoms with Crippen LogP contribution < -0.4 is 16.6 Å². The minimum Gasteiger partial charge on any atom is -0.451 e. The Morgan fingerprint density at radius 3 is 2.50 bits per heavy atom. The number of hydrazine groups is 1. The number of aryl methyl sites for hydroxylation is 1. The SMILES string of the molecule is Cc1c(C(=O)NNC(=O)c2ccc(N)c([N+](=O)[O-])c2)oc2ccccc12. The van der Waals surface area contributed by atoms with Crippen LogP contribution in [0.15, 0.2) is 46.9 Å². The van der Waals surface area contributed by atoms with Crippen LogP contribution in [0, 0.1) is 17.0 Å². The Bertz CT molecular complexity index is 1040. The Kier molecular flexibility index (Phi) is 4.27. The van der Waals surface area contributed by atoms with Gasteiger partial charge in [-0.2, -0.15) is 0 Å². The van der Waals surface area contributed by atoms with E-state index in [2.05, 4.69) is 10.9 Å². The molecule has 3 rings (SSSR count). The third-order valence-electron chi connectivity index (χ3n) is 3.83. The number of rotatable bonds is 3. The lowest BCUT2D eigenvalue weighted by Gasteiger charge is -2.07. The molecule has 0 fully saturated rings. The van der Waals surface area contributed by atoms with Crippen molar-refractivity contribution < 1.29 is 18.9 Å². The minimum atomic E-state index is -0.727. The van der Waals surface area contributed by atoms with Gasteiger partial charge in [-0.05, 0) is 25.1 Å². The summed E-state index contributed by atoms with van der Waals surface area (Å²) in [4.78, 5) is 34.5. The molecule has 26 heavy (non-hydrogen) atoms. The van der Waals surface area contributed by atoms with E-state index in [1.807, 2.05) is 12.1 Å². The van der Waals surface area contributed by atoms with Gasteiger partial charge >= 0.3 is 5.91 Å². The first kappa shape index (κ1) is 17.0. The van der Waals surface area contributed by atoms with Crippen molar-refractivity contribution in [3.05, 3.63) is 69.5 Å². The molecule has 0 saturated carbocycles. The van der Waals surface area contributed by atoms with Gasteiger partial charge in [0.2, 0.25) is 0 Å². The fourth-order valence-corrected chi connectivity index (χ4v) is 2.48. The van der Waals surface area contributed by atoms with E-state index < -0.39 is 22.4 Å². The number of anilines is 1. The third-order valence-corrected chi connectivity index (χ3v) is 3.83. The van der Waals surface area contributed by atoms with Crippen LogP contribution >= 0.6 is 0 Å². The lowest BCUT2D eigenvalue weighted by molar-refractivity contribution is -0.383. The number of nitro groups is 1.